The van der Waals surface area contributed by atoms with Crippen molar-refractivity contribution < 1.29 is 18.3 Å². The van der Waals surface area contributed by atoms with E-state index in [0.717, 1.165) is 95.5 Å². The van der Waals surface area contributed by atoms with Gasteiger partial charge in [-0.15, -0.1) is 0 Å². The van der Waals surface area contributed by atoms with Crippen LogP contribution >= 0.6 is 0 Å². The van der Waals surface area contributed by atoms with Crippen LogP contribution in [0.15, 0.2) is 185 Å². The van der Waals surface area contributed by atoms with E-state index in [9.17, 15) is 0 Å². The van der Waals surface area contributed by atoms with Gasteiger partial charge in [0.25, 0.3) is 0 Å². The molecule has 314 valence electrons. The molecule has 0 spiro atoms. The Kier molecular flexibility index (Phi) is 8.27. The van der Waals surface area contributed by atoms with Crippen LogP contribution in [0.3, 0.4) is 0 Å². The van der Waals surface area contributed by atoms with Crippen molar-refractivity contribution in [3.05, 3.63) is 193 Å². The minimum atomic E-state index is -0.0861. The zero-order chi connectivity index (χ0) is 43.6. The van der Waals surface area contributed by atoms with Crippen molar-refractivity contribution in [1.29, 1.82) is 0 Å². The van der Waals surface area contributed by atoms with Gasteiger partial charge in [-0.1, -0.05) is 130 Å². The van der Waals surface area contributed by atoms with Gasteiger partial charge in [-0.3, -0.25) is 0 Å². The van der Waals surface area contributed by atoms with Gasteiger partial charge in [-0.2, -0.15) is 0 Å². The summed E-state index contributed by atoms with van der Waals surface area (Å²) < 4.78 is 25.8. The summed E-state index contributed by atoms with van der Waals surface area (Å²) in [7, 11) is 0. The van der Waals surface area contributed by atoms with Crippen LogP contribution in [-0.4, -0.2) is 19.5 Å². The van der Waals surface area contributed by atoms with Gasteiger partial charge in [-0.25, -0.2) is 0 Å². The zero-order valence-electron chi connectivity index (χ0n) is 36.7. The monoisotopic (exact) mass is 844 g/mol. The van der Waals surface area contributed by atoms with Crippen LogP contribution in [0.2, 0.25) is 5.82 Å². The first-order valence-electron chi connectivity index (χ1n) is 22.6. The molecule has 5 heterocycles. The molecule has 3 aliphatic heterocycles. The molecule has 4 aliphatic rings. The molecule has 2 atom stereocenters. The molecule has 2 aromatic heterocycles. The van der Waals surface area contributed by atoms with E-state index in [2.05, 4.69) is 189 Å². The van der Waals surface area contributed by atoms with E-state index in [0.29, 0.717) is 0 Å². The van der Waals surface area contributed by atoms with Crippen molar-refractivity contribution in [2.45, 2.75) is 45.0 Å². The highest BCUT2D eigenvalue weighted by Crippen LogP contribution is 2.55. The highest BCUT2D eigenvalue weighted by atomic mass is 16.7. The van der Waals surface area contributed by atoms with Crippen LogP contribution in [0.1, 0.15) is 37.7 Å². The molecule has 9 aromatic rings. The summed E-state index contributed by atoms with van der Waals surface area (Å²) in [5, 5.41) is 2.17. The van der Waals surface area contributed by atoms with E-state index < -0.39 is 0 Å². The van der Waals surface area contributed by atoms with Crippen molar-refractivity contribution in [3.63, 3.8) is 0 Å². The number of ether oxygens (including phenoxy) is 2. The van der Waals surface area contributed by atoms with Gasteiger partial charge in [0.1, 0.15) is 22.7 Å². The second-order valence-electron chi connectivity index (χ2n) is 18.9. The smallest absolute Gasteiger partial charge is 0.231 e. The van der Waals surface area contributed by atoms with Crippen LogP contribution in [0, 0.1) is 6.92 Å². The van der Waals surface area contributed by atoms with Gasteiger partial charge in [0.2, 0.25) is 13.5 Å². The maximum Gasteiger partial charge on any atom is 0.231 e. The molecule has 0 saturated heterocycles. The lowest BCUT2D eigenvalue weighted by Crippen LogP contribution is -2.61. The topological polar surface area (TPSA) is 51.2 Å². The predicted molar refractivity (Wildman–Crippen MR) is 266 cm³/mol. The highest BCUT2D eigenvalue weighted by molar-refractivity contribution is 6.91. The Hall–Kier alpha value is -7.64. The molecule has 65 heavy (non-hydrogen) atoms. The van der Waals surface area contributed by atoms with Gasteiger partial charge >= 0.3 is 0 Å². The van der Waals surface area contributed by atoms with Crippen LogP contribution < -0.4 is 30.2 Å². The number of para-hydroxylation sites is 2. The Balaban J connectivity index is 1.08. The fraction of sp³-hybridized carbons (Fsp3) is 0.138. The second-order valence-corrected chi connectivity index (χ2v) is 18.9. The number of benzene rings is 7. The minimum absolute atomic E-state index is 0.0140. The van der Waals surface area contributed by atoms with Gasteiger partial charge in [0, 0.05) is 44.5 Å². The minimum Gasteiger partial charge on any atom is -0.456 e. The third-order valence-corrected chi connectivity index (χ3v) is 13.9. The quantitative estimate of drug-likeness (QED) is 0.161. The zero-order valence-corrected chi connectivity index (χ0v) is 36.7. The van der Waals surface area contributed by atoms with Crippen molar-refractivity contribution in [2.24, 2.45) is 0 Å². The lowest BCUT2D eigenvalue weighted by atomic mass is 9.29. The van der Waals surface area contributed by atoms with Crippen LogP contribution in [-0.2, 0) is 5.41 Å². The molecule has 0 bridgehead atoms. The van der Waals surface area contributed by atoms with E-state index in [-0.39, 0.29) is 30.8 Å². The number of anilines is 5. The van der Waals surface area contributed by atoms with Crippen LogP contribution in [0.5, 0.6) is 11.5 Å². The maximum absolute atomic E-state index is 6.57. The summed E-state index contributed by atoms with van der Waals surface area (Å²) in [6.07, 6.45) is 7.13. The summed E-state index contributed by atoms with van der Waals surface area (Å²) >= 11 is 0. The molecule has 2 unspecified atom stereocenters. The summed E-state index contributed by atoms with van der Waals surface area (Å²) in [6, 6.07) is 56.5. The third-order valence-electron chi connectivity index (χ3n) is 13.9. The SMILES string of the molecule is Cc1cc2c3c(c1)N(c1cccc(-c4cc5ccccc5o4)c1)C1C=C(c4cc5ccccc5o4)C=CC1B3c1ccc3c(c1N2c1ccc(C(C)(C)C)cc1-c1ccccc1)OCO3. The lowest BCUT2D eigenvalue weighted by Gasteiger charge is -2.50. The standard InChI is InChI=1S/C58H45BN2O4/c1-35-27-48-55-49(28-35)61(46-25-22-41(58(2,3)4)33-43(46)36-13-6-5-7-14-36)56-45(24-26-52-57(56)63-34-62-52)59(55)44-23-21-40(54-32-39-16-9-11-20-51(39)65-54)30-47(44)60(48)42-18-12-17-37(29-42)53-31-38-15-8-10-19-50(38)64-53/h5-33,44,47H,34H2,1-4H3. The number of nitrogens with zero attached hydrogens (tertiary/aromatic N) is 2. The summed E-state index contributed by atoms with van der Waals surface area (Å²) in [6.45, 7) is 9.24. The molecule has 7 aromatic carbocycles. The van der Waals surface area contributed by atoms with E-state index in [1.165, 1.54) is 22.2 Å². The molecular formula is C58H45BN2O4. The Labute approximate surface area is 378 Å². The molecule has 0 saturated carbocycles. The van der Waals surface area contributed by atoms with E-state index in [1.807, 2.05) is 24.3 Å². The Bertz CT molecular complexity index is 3400. The Morgan fingerprint density at radius 3 is 2.14 bits per heavy atom. The Morgan fingerprint density at radius 2 is 1.35 bits per heavy atom. The molecule has 0 amide bonds. The molecule has 13 rings (SSSR count). The number of fused-ring (bicyclic) bond motifs is 8. The number of hydrogen-bond donors (Lipinski definition) is 0. The number of furan rings is 2. The molecule has 6 nitrogen and oxygen atoms in total. The molecule has 0 radical (unpaired) electrons. The third kappa shape index (κ3) is 5.95. The van der Waals surface area contributed by atoms with Crippen molar-refractivity contribution in [2.75, 3.05) is 16.6 Å². The summed E-state index contributed by atoms with van der Waals surface area (Å²) in [5.74, 6) is 3.28. The van der Waals surface area contributed by atoms with Crippen molar-refractivity contribution >= 4 is 73.6 Å². The fourth-order valence-corrected chi connectivity index (χ4v) is 10.8. The predicted octanol–water partition coefficient (Wildman–Crippen LogP) is 13.8. The normalized spacial score (nSPS) is 17.0. The average Bonchev–Trinajstić information content (AvgIpc) is 4.10. The van der Waals surface area contributed by atoms with Gasteiger partial charge in [0.05, 0.1) is 17.4 Å². The van der Waals surface area contributed by atoms with Crippen LogP contribution in [0.25, 0.3) is 50.0 Å². The first-order valence-corrected chi connectivity index (χ1v) is 22.6. The largest absolute Gasteiger partial charge is 0.456 e. The molecular weight excluding hydrogens is 799 g/mol. The number of rotatable bonds is 5. The van der Waals surface area contributed by atoms with Crippen LogP contribution in [0.4, 0.5) is 28.4 Å². The second kappa shape index (κ2) is 14.2. The molecule has 7 heteroatoms. The lowest BCUT2D eigenvalue weighted by molar-refractivity contribution is 0.174. The summed E-state index contributed by atoms with van der Waals surface area (Å²) in [4.78, 5) is 5.05. The number of allylic oxidation sites excluding steroid dienone is 2. The highest BCUT2D eigenvalue weighted by Gasteiger charge is 2.51. The average molecular weight is 845 g/mol. The Morgan fingerprint density at radius 1 is 0.631 bits per heavy atom. The number of aryl methyl sites for hydroxylation is 1. The molecule has 0 fully saturated rings. The fourth-order valence-electron chi connectivity index (χ4n) is 10.8. The van der Waals surface area contributed by atoms with E-state index >= 15 is 0 Å². The number of hydrogen-bond acceptors (Lipinski definition) is 6. The van der Waals surface area contributed by atoms with E-state index in [4.69, 9.17) is 18.3 Å². The summed E-state index contributed by atoms with van der Waals surface area (Å²) in [5.41, 5.74) is 16.6. The van der Waals surface area contributed by atoms with E-state index in [1.54, 1.807) is 0 Å². The van der Waals surface area contributed by atoms with Gasteiger partial charge in [-0.05, 0) is 113 Å². The van der Waals surface area contributed by atoms with Gasteiger partial charge < -0.3 is 28.1 Å². The first-order chi connectivity index (χ1) is 31.7. The van der Waals surface area contributed by atoms with Crippen molar-refractivity contribution in [1.82, 2.24) is 0 Å². The van der Waals surface area contributed by atoms with Crippen molar-refractivity contribution in [3.8, 4) is 33.9 Å². The maximum atomic E-state index is 6.57. The molecule has 1 aliphatic carbocycles. The van der Waals surface area contributed by atoms with Gasteiger partial charge in [0.15, 0.2) is 11.5 Å². The first kappa shape index (κ1) is 37.9. The molecule has 0 N–H and O–H groups in total.